The number of rotatable bonds is 9. The van der Waals surface area contributed by atoms with E-state index in [1.165, 1.54) is 0 Å². The lowest BCUT2D eigenvalue weighted by Gasteiger charge is -2.17. The van der Waals surface area contributed by atoms with E-state index in [2.05, 4.69) is 0 Å². The predicted octanol–water partition coefficient (Wildman–Crippen LogP) is 1.03. The van der Waals surface area contributed by atoms with Crippen molar-refractivity contribution in [3.8, 4) is 0 Å². The van der Waals surface area contributed by atoms with Crippen LogP contribution in [0.2, 0.25) is 0 Å². The van der Waals surface area contributed by atoms with Gasteiger partial charge in [-0.15, -0.1) is 0 Å². The van der Waals surface area contributed by atoms with Crippen LogP contribution in [0.5, 0.6) is 0 Å². The van der Waals surface area contributed by atoms with Crippen molar-refractivity contribution >= 4 is 0 Å². The summed E-state index contributed by atoms with van der Waals surface area (Å²) >= 11 is 0. The third kappa shape index (κ3) is 7.26. The van der Waals surface area contributed by atoms with Crippen LogP contribution in [-0.2, 0) is 14.2 Å². The first-order valence-corrected chi connectivity index (χ1v) is 5.08. The molecule has 0 aromatic heterocycles. The molecule has 0 amide bonds. The molecule has 2 unspecified atom stereocenters. The SMILES string of the molecule is CCC(C)C(O)OCCOCCOC. The third-order valence-electron chi connectivity index (χ3n) is 2.08. The Morgan fingerprint density at radius 2 is 1.79 bits per heavy atom. The molecule has 0 aliphatic carbocycles. The van der Waals surface area contributed by atoms with Crippen LogP contribution in [0.25, 0.3) is 0 Å². The Bertz CT molecular complexity index is 119. The average Bonchev–Trinajstić information content (AvgIpc) is 2.21. The molecule has 0 radical (unpaired) electrons. The highest BCUT2D eigenvalue weighted by atomic mass is 16.6. The number of aliphatic hydroxyl groups excluding tert-OH is 1. The minimum Gasteiger partial charge on any atom is -0.382 e. The van der Waals surface area contributed by atoms with Gasteiger partial charge < -0.3 is 19.3 Å². The average molecular weight is 206 g/mol. The molecule has 4 heteroatoms. The van der Waals surface area contributed by atoms with Gasteiger partial charge >= 0.3 is 0 Å². The fraction of sp³-hybridized carbons (Fsp3) is 1.00. The summed E-state index contributed by atoms with van der Waals surface area (Å²) in [6.45, 7) is 6.06. The van der Waals surface area contributed by atoms with Gasteiger partial charge in [0.15, 0.2) is 6.29 Å². The molecule has 0 fully saturated rings. The molecule has 0 aromatic rings. The first-order chi connectivity index (χ1) is 6.72. The van der Waals surface area contributed by atoms with Crippen LogP contribution < -0.4 is 0 Å². The zero-order valence-corrected chi connectivity index (χ0v) is 9.36. The standard InChI is InChI=1S/C10H22O4/c1-4-9(2)10(11)14-8-7-13-6-5-12-3/h9-11H,4-8H2,1-3H3. The molecule has 14 heavy (non-hydrogen) atoms. The fourth-order valence-corrected chi connectivity index (χ4v) is 0.838. The summed E-state index contributed by atoms with van der Waals surface area (Å²) in [5, 5.41) is 9.42. The van der Waals surface area contributed by atoms with Gasteiger partial charge in [0.1, 0.15) is 0 Å². The molecule has 0 aliphatic rings. The van der Waals surface area contributed by atoms with E-state index in [4.69, 9.17) is 14.2 Å². The van der Waals surface area contributed by atoms with Gasteiger partial charge in [0.2, 0.25) is 0 Å². The number of hydrogen-bond acceptors (Lipinski definition) is 4. The van der Waals surface area contributed by atoms with Crippen molar-refractivity contribution in [2.75, 3.05) is 33.5 Å². The second kappa shape index (κ2) is 9.40. The summed E-state index contributed by atoms with van der Waals surface area (Å²) < 4.78 is 15.2. The molecule has 0 bridgehead atoms. The maximum atomic E-state index is 9.42. The van der Waals surface area contributed by atoms with Gasteiger partial charge in [0, 0.05) is 13.0 Å². The van der Waals surface area contributed by atoms with E-state index >= 15 is 0 Å². The lowest BCUT2D eigenvalue weighted by molar-refractivity contribution is -0.141. The van der Waals surface area contributed by atoms with E-state index in [1.54, 1.807) is 7.11 Å². The van der Waals surface area contributed by atoms with Gasteiger partial charge in [-0.2, -0.15) is 0 Å². The van der Waals surface area contributed by atoms with Gasteiger partial charge in [-0.3, -0.25) is 0 Å². The van der Waals surface area contributed by atoms with E-state index in [0.29, 0.717) is 26.4 Å². The van der Waals surface area contributed by atoms with Crippen LogP contribution in [0.3, 0.4) is 0 Å². The zero-order chi connectivity index (χ0) is 10.8. The highest BCUT2D eigenvalue weighted by Crippen LogP contribution is 2.07. The Kier molecular flexibility index (Phi) is 9.29. The van der Waals surface area contributed by atoms with Crippen LogP contribution in [0.15, 0.2) is 0 Å². The van der Waals surface area contributed by atoms with Crippen molar-refractivity contribution in [2.24, 2.45) is 5.92 Å². The summed E-state index contributed by atoms with van der Waals surface area (Å²) in [4.78, 5) is 0. The van der Waals surface area contributed by atoms with Crippen molar-refractivity contribution < 1.29 is 19.3 Å². The molecule has 2 atom stereocenters. The quantitative estimate of drug-likeness (QED) is 0.452. The molecule has 0 rings (SSSR count). The molecule has 0 aliphatic heterocycles. The van der Waals surface area contributed by atoms with Crippen molar-refractivity contribution in [3.63, 3.8) is 0 Å². The Morgan fingerprint density at radius 3 is 2.36 bits per heavy atom. The lowest BCUT2D eigenvalue weighted by Crippen LogP contribution is -2.23. The number of hydrogen-bond donors (Lipinski definition) is 1. The summed E-state index contributed by atoms with van der Waals surface area (Å²) in [5.74, 6) is 0.175. The summed E-state index contributed by atoms with van der Waals surface area (Å²) in [6.07, 6.45) is 0.233. The Balaban J connectivity index is 3.18. The van der Waals surface area contributed by atoms with E-state index < -0.39 is 6.29 Å². The van der Waals surface area contributed by atoms with Gasteiger partial charge in [-0.1, -0.05) is 13.8 Å². The van der Waals surface area contributed by atoms with E-state index in [0.717, 1.165) is 6.42 Å². The molecular weight excluding hydrogens is 184 g/mol. The number of methoxy groups -OCH3 is 1. The highest BCUT2D eigenvalue weighted by molar-refractivity contribution is 4.51. The van der Waals surface area contributed by atoms with Crippen LogP contribution in [0, 0.1) is 5.92 Å². The number of aliphatic hydroxyl groups is 1. The second-order valence-electron chi connectivity index (χ2n) is 3.25. The van der Waals surface area contributed by atoms with Crippen LogP contribution in [0.4, 0.5) is 0 Å². The Hall–Kier alpha value is -0.160. The molecule has 0 heterocycles. The van der Waals surface area contributed by atoms with Gasteiger partial charge in [-0.05, 0) is 6.42 Å². The van der Waals surface area contributed by atoms with Crippen LogP contribution in [0.1, 0.15) is 20.3 Å². The molecule has 4 nitrogen and oxygen atoms in total. The van der Waals surface area contributed by atoms with E-state index in [1.807, 2.05) is 13.8 Å². The first-order valence-electron chi connectivity index (χ1n) is 5.08. The predicted molar refractivity (Wildman–Crippen MR) is 54.1 cm³/mol. The minimum absolute atomic E-state index is 0.175. The van der Waals surface area contributed by atoms with Crippen molar-refractivity contribution in [1.82, 2.24) is 0 Å². The molecule has 86 valence electrons. The van der Waals surface area contributed by atoms with Crippen molar-refractivity contribution in [3.05, 3.63) is 0 Å². The second-order valence-corrected chi connectivity index (χ2v) is 3.25. The smallest absolute Gasteiger partial charge is 0.157 e. The number of ether oxygens (including phenoxy) is 3. The van der Waals surface area contributed by atoms with E-state index in [-0.39, 0.29) is 5.92 Å². The van der Waals surface area contributed by atoms with E-state index in [9.17, 15) is 5.11 Å². The molecular formula is C10H22O4. The Labute approximate surface area is 86.2 Å². The summed E-state index contributed by atoms with van der Waals surface area (Å²) in [5.41, 5.74) is 0. The maximum absolute atomic E-state index is 9.42. The first kappa shape index (κ1) is 13.8. The van der Waals surface area contributed by atoms with Crippen molar-refractivity contribution in [1.29, 1.82) is 0 Å². The van der Waals surface area contributed by atoms with Gasteiger partial charge in [0.05, 0.1) is 26.4 Å². The topological polar surface area (TPSA) is 47.9 Å². The Morgan fingerprint density at radius 1 is 1.14 bits per heavy atom. The molecule has 0 spiro atoms. The van der Waals surface area contributed by atoms with Gasteiger partial charge in [0.25, 0.3) is 0 Å². The lowest BCUT2D eigenvalue weighted by atomic mass is 10.1. The molecule has 1 N–H and O–H groups in total. The maximum Gasteiger partial charge on any atom is 0.157 e. The van der Waals surface area contributed by atoms with Crippen molar-refractivity contribution in [2.45, 2.75) is 26.6 Å². The van der Waals surface area contributed by atoms with Crippen LogP contribution >= 0.6 is 0 Å². The molecule has 0 saturated carbocycles. The third-order valence-corrected chi connectivity index (χ3v) is 2.08. The minimum atomic E-state index is -0.675. The monoisotopic (exact) mass is 206 g/mol. The largest absolute Gasteiger partial charge is 0.382 e. The van der Waals surface area contributed by atoms with Gasteiger partial charge in [-0.25, -0.2) is 0 Å². The fourth-order valence-electron chi connectivity index (χ4n) is 0.838. The molecule has 0 saturated heterocycles. The summed E-state index contributed by atoms with van der Waals surface area (Å²) in [7, 11) is 1.63. The molecule has 0 aromatic carbocycles. The summed E-state index contributed by atoms with van der Waals surface area (Å²) in [6, 6.07) is 0. The zero-order valence-electron chi connectivity index (χ0n) is 9.36. The normalized spacial score (nSPS) is 15.4. The van der Waals surface area contributed by atoms with Crippen LogP contribution in [-0.4, -0.2) is 44.9 Å². The highest BCUT2D eigenvalue weighted by Gasteiger charge is 2.11.